The van der Waals surface area contributed by atoms with Crippen molar-refractivity contribution in [1.29, 1.82) is 5.26 Å². The fraction of sp³-hybridized carbons (Fsp3) is 0.0909. The van der Waals surface area contributed by atoms with E-state index in [0.29, 0.717) is 5.82 Å². The van der Waals surface area contributed by atoms with Crippen molar-refractivity contribution in [3.63, 3.8) is 0 Å². The van der Waals surface area contributed by atoms with Crippen molar-refractivity contribution in [1.82, 2.24) is 9.97 Å². The van der Waals surface area contributed by atoms with Crippen molar-refractivity contribution in [2.75, 3.05) is 4.72 Å². The molecule has 6 nitrogen and oxygen atoms in total. The molecule has 0 aliphatic heterocycles. The molecule has 0 atom stereocenters. The maximum absolute atomic E-state index is 12.9. The van der Waals surface area contributed by atoms with Crippen LogP contribution in [0.15, 0.2) is 29.4 Å². The number of H-pyrrole nitrogens is 1. The minimum Gasteiger partial charge on any atom is -0.332 e. The third-order valence-corrected chi connectivity index (χ3v) is 3.59. The third-order valence-electron chi connectivity index (χ3n) is 2.32. The van der Waals surface area contributed by atoms with Crippen LogP contribution in [0.1, 0.15) is 11.4 Å². The van der Waals surface area contributed by atoms with Gasteiger partial charge in [-0.05, 0) is 25.1 Å². The van der Waals surface area contributed by atoms with Crippen molar-refractivity contribution in [2.45, 2.75) is 11.9 Å². The number of nitrogens with zero attached hydrogens (tertiary/aromatic N) is 2. The zero-order chi connectivity index (χ0) is 14.0. The molecular formula is C11H9FN4O2S. The fourth-order valence-electron chi connectivity index (χ4n) is 1.43. The number of hydrogen-bond acceptors (Lipinski definition) is 4. The normalized spacial score (nSPS) is 11.0. The maximum atomic E-state index is 12.9. The molecule has 0 bridgehead atoms. The summed E-state index contributed by atoms with van der Waals surface area (Å²) >= 11 is 0. The van der Waals surface area contributed by atoms with E-state index in [0.717, 1.165) is 18.3 Å². The highest BCUT2D eigenvalue weighted by Crippen LogP contribution is 2.19. The molecule has 2 rings (SSSR count). The second-order valence-corrected chi connectivity index (χ2v) is 5.39. The second kappa shape index (κ2) is 4.70. The summed E-state index contributed by atoms with van der Waals surface area (Å²) < 4.78 is 39.1. The minimum absolute atomic E-state index is 0.0103. The van der Waals surface area contributed by atoms with E-state index in [1.165, 1.54) is 6.07 Å². The topological polar surface area (TPSA) is 98.6 Å². The number of benzene rings is 1. The summed E-state index contributed by atoms with van der Waals surface area (Å²) in [7, 11) is -3.88. The first kappa shape index (κ1) is 13.0. The molecule has 0 saturated carbocycles. The van der Waals surface area contributed by atoms with Gasteiger partial charge in [-0.3, -0.25) is 4.72 Å². The van der Waals surface area contributed by atoms with Crippen molar-refractivity contribution >= 4 is 15.7 Å². The lowest BCUT2D eigenvalue weighted by atomic mass is 10.2. The first-order chi connectivity index (χ1) is 8.92. The Hall–Kier alpha value is -2.40. The van der Waals surface area contributed by atoms with Gasteiger partial charge < -0.3 is 4.98 Å². The smallest absolute Gasteiger partial charge is 0.279 e. The Balaban J connectivity index is 2.39. The Morgan fingerprint density at radius 1 is 1.47 bits per heavy atom. The molecule has 8 heteroatoms. The first-order valence-electron chi connectivity index (χ1n) is 5.16. The van der Waals surface area contributed by atoms with E-state index >= 15 is 0 Å². The maximum Gasteiger partial charge on any atom is 0.279 e. The van der Waals surface area contributed by atoms with E-state index in [4.69, 9.17) is 5.26 Å². The molecule has 0 radical (unpaired) electrons. The Morgan fingerprint density at radius 2 is 2.21 bits per heavy atom. The van der Waals surface area contributed by atoms with Gasteiger partial charge in [-0.25, -0.2) is 9.37 Å². The monoisotopic (exact) mass is 280 g/mol. The average Bonchev–Trinajstić information content (AvgIpc) is 2.79. The van der Waals surface area contributed by atoms with Gasteiger partial charge in [0, 0.05) is 0 Å². The highest BCUT2D eigenvalue weighted by molar-refractivity contribution is 7.92. The lowest BCUT2D eigenvalue weighted by molar-refractivity contribution is 0.598. The van der Waals surface area contributed by atoms with Gasteiger partial charge in [0.1, 0.15) is 17.7 Å². The number of aromatic amines is 1. The summed E-state index contributed by atoms with van der Waals surface area (Å²) in [6, 6.07) is 4.93. The lowest BCUT2D eigenvalue weighted by Crippen LogP contribution is -2.14. The van der Waals surface area contributed by atoms with Gasteiger partial charge in [0.2, 0.25) is 0 Å². The van der Waals surface area contributed by atoms with E-state index in [2.05, 4.69) is 14.7 Å². The Labute approximate surface area is 109 Å². The van der Waals surface area contributed by atoms with E-state index in [-0.39, 0.29) is 16.3 Å². The van der Waals surface area contributed by atoms with Crippen LogP contribution in [0.5, 0.6) is 0 Å². The summed E-state index contributed by atoms with van der Waals surface area (Å²) in [4.78, 5) is 6.35. The summed E-state index contributed by atoms with van der Waals surface area (Å²) in [5.41, 5.74) is -0.0871. The number of nitrogens with one attached hydrogen (secondary N) is 2. The predicted molar refractivity (Wildman–Crippen MR) is 65.2 cm³/mol. The van der Waals surface area contributed by atoms with E-state index in [1.54, 1.807) is 13.0 Å². The molecular weight excluding hydrogens is 271 g/mol. The molecule has 1 heterocycles. The van der Waals surface area contributed by atoms with Crippen molar-refractivity contribution < 1.29 is 12.8 Å². The van der Waals surface area contributed by atoms with Crippen LogP contribution in [0.25, 0.3) is 0 Å². The van der Waals surface area contributed by atoms with Crippen LogP contribution >= 0.6 is 0 Å². The van der Waals surface area contributed by atoms with Crippen LogP contribution in [-0.2, 0) is 10.0 Å². The van der Waals surface area contributed by atoms with E-state index in [1.807, 2.05) is 0 Å². The molecule has 1 aromatic carbocycles. The molecule has 2 N–H and O–H groups in total. The predicted octanol–water partition coefficient (Wildman–Crippen LogP) is 1.53. The van der Waals surface area contributed by atoms with Crippen LogP contribution in [0, 0.1) is 24.1 Å². The molecule has 2 aromatic rings. The lowest BCUT2D eigenvalue weighted by Gasteiger charge is -2.07. The summed E-state index contributed by atoms with van der Waals surface area (Å²) in [6.45, 7) is 1.61. The number of hydrogen-bond donors (Lipinski definition) is 2. The first-order valence-corrected chi connectivity index (χ1v) is 6.65. The number of nitriles is 1. The van der Waals surface area contributed by atoms with Gasteiger partial charge >= 0.3 is 0 Å². The molecule has 0 amide bonds. The molecule has 0 spiro atoms. The number of sulfonamides is 1. The fourth-order valence-corrected chi connectivity index (χ4v) is 2.48. The molecule has 0 aliphatic carbocycles. The molecule has 19 heavy (non-hydrogen) atoms. The number of rotatable bonds is 3. The number of imidazole rings is 1. The molecule has 1 aromatic heterocycles. The van der Waals surface area contributed by atoms with Gasteiger partial charge in [0.05, 0.1) is 17.4 Å². The van der Waals surface area contributed by atoms with Crippen molar-refractivity contribution in [3.8, 4) is 6.07 Å². The molecule has 98 valence electrons. The highest BCUT2D eigenvalue weighted by Gasteiger charge is 2.18. The van der Waals surface area contributed by atoms with E-state index in [9.17, 15) is 12.8 Å². The van der Waals surface area contributed by atoms with Crippen molar-refractivity contribution in [2.24, 2.45) is 0 Å². The molecule has 0 saturated heterocycles. The summed E-state index contributed by atoms with van der Waals surface area (Å²) in [6.07, 6.45) is 1.16. The van der Waals surface area contributed by atoms with Gasteiger partial charge in [-0.2, -0.15) is 13.7 Å². The number of anilines is 1. The van der Waals surface area contributed by atoms with Crippen LogP contribution < -0.4 is 4.72 Å². The van der Waals surface area contributed by atoms with Gasteiger partial charge in [0.25, 0.3) is 10.0 Å². The molecule has 0 fully saturated rings. The summed E-state index contributed by atoms with van der Waals surface area (Å²) in [5.74, 6) is -0.170. The van der Waals surface area contributed by atoms with E-state index < -0.39 is 15.8 Å². The summed E-state index contributed by atoms with van der Waals surface area (Å²) in [5, 5.41) is 8.72. The standard InChI is InChI=1S/C11H9FN4O2S/c1-7-14-6-11(15-7)19(17,18)16-10-3-2-9(12)4-8(10)5-13/h2-4,6,16H,1H3,(H,14,15). The quantitative estimate of drug-likeness (QED) is 0.890. The van der Waals surface area contributed by atoms with Crippen LogP contribution in [-0.4, -0.2) is 18.4 Å². The van der Waals surface area contributed by atoms with Gasteiger partial charge in [0.15, 0.2) is 5.03 Å². The molecule has 0 aliphatic rings. The van der Waals surface area contributed by atoms with Crippen molar-refractivity contribution in [3.05, 3.63) is 41.6 Å². The minimum atomic E-state index is -3.88. The number of aromatic nitrogens is 2. The molecule has 0 unspecified atom stereocenters. The number of aryl methyl sites for hydroxylation is 1. The average molecular weight is 280 g/mol. The SMILES string of the molecule is Cc1ncc(S(=O)(=O)Nc2ccc(F)cc2C#N)[nH]1. The third kappa shape index (κ3) is 2.71. The zero-order valence-corrected chi connectivity index (χ0v) is 10.6. The Bertz CT molecular complexity index is 761. The van der Waals surface area contributed by atoms with Crippen LogP contribution in [0.2, 0.25) is 0 Å². The zero-order valence-electron chi connectivity index (χ0n) is 9.81. The number of halogens is 1. The van der Waals surface area contributed by atoms with Gasteiger partial charge in [-0.15, -0.1) is 0 Å². The Kier molecular flexibility index (Phi) is 3.23. The second-order valence-electron chi connectivity index (χ2n) is 3.74. The van der Waals surface area contributed by atoms with Gasteiger partial charge in [-0.1, -0.05) is 0 Å². The van der Waals surface area contributed by atoms with Crippen LogP contribution in [0.3, 0.4) is 0 Å². The Morgan fingerprint density at radius 3 is 2.79 bits per heavy atom. The largest absolute Gasteiger partial charge is 0.332 e. The highest BCUT2D eigenvalue weighted by atomic mass is 32.2. The van der Waals surface area contributed by atoms with Crippen LogP contribution in [0.4, 0.5) is 10.1 Å².